The number of fused-ring (bicyclic) bond motifs is 1. The summed E-state index contributed by atoms with van der Waals surface area (Å²) in [7, 11) is 0. The second-order valence-corrected chi connectivity index (χ2v) is 5.50. The first kappa shape index (κ1) is 17.8. The minimum Gasteiger partial charge on any atom is -0.710 e. The van der Waals surface area contributed by atoms with E-state index in [1.54, 1.807) is 0 Å². The number of aliphatic hydroxyl groups excluding tert-OH is 2. The van der Waals surface area contributed by atoms with Crippen LogP contribution in [0.3, 0.4) is 0 Å². The lowest BCUT2D eigenvalue weighted by Crippen LogP contribution is -2.46. The van der Waals surface area contributed by atoms with E-state index in [1.807, 2.05) is 0 Å². The fourth-order valence-corrected chi connectivity index (χ4v) is 2.44. The van der Waals surface area contributed by atoms with Crippen molar-refractivity contribution in [2.75, 3.05) is 31.6 Å². The summed E-state index contributed by atoms with van der Waals surface area (Å²) in [5.41, 5.74) is 0.248. The molecule has 0 fully saturated rings. The van der Waals surface area contributed by atoms with Gasteiger partial charge in [0.15, 0.2) is 0 Å². The molecular formula is C13H16Cl2N4O4. The van der Waals surface area contributed by atoms with E-state index in [9.17, 15) is 10.4 Å². The SMILES string of the molecule is [O-][n+]1c(CNCCO)c(NCCO)[n+]([O-])c2cc(Cl)c(Cl)cc21. The number of hydrogen-bond donors (Lipinski definition) is 4. The average Bonchev–Trinajstić information content (AvgIpc) is 2.53. The van der Waals surface area contributed by atoms with Crippen molar-refractivity contribution in [3.05, 3.63) is 38.3 Å². The Morgan fingerprint density at radius 3 is 2.09 bits per heavy atom. The van der Waals surface area contributed by atoms with Gasteiger partial charge in [0.2, 0.25) is 5.52 Å². The monoisotopic (exact) mass is 362 g/mol. The van der Waals surface area contributed by atoms with Crippen LogP contribution < -0.4 is 20.1 Å². The molecule has 0 saturated carbocycles. The molecule has 0 atom stereocenters. The van der Waals surface area contributed by atoms with E-state index in [-0.39, 0.29) is 65.4 Å². The number of hydrogen-bond acceptors (Lipinski definition) is 6. The summed E-state index contributed by atoms with van der Waals surface area (Å²) >= 11 is 11.8. The molecule has 1 heterocycles. The van der Waals surface area contributed by atoms with Crippen molar-refractivity contribution < 1.29 is 19.7 Å². The molecule has 126 valence electrons. The van der Waals surface area contributed by atoms with E-state index in [2.05, 4.69) is 10.6 Å². The second kappa shape index (κ2) is 7.80. The Labute approximate surface area is 142 Å². The quantitative estimate of drug-likeness (QED) is 0.310. The molecule has 2 aromatic rings. The van der Waals surface area contributed by atoms with Crippen molar-refractivity contribution in [1.82, 2.24) is 5.32 Å². The highest BCUT2D eigenvalue weighted by Crippen LogP contribution is 2.26. The van der Waals surface area contributed by atoms with Crippen molar-refractivity contribution in [3.8, 4) is 0 Å². The summed E-state index contributed by atoms with van der Waals surface area (Å²) < 4.78 is 1.12. The third kappa shape index (κ3) is 3.67. The Balaban J connectivity index is 2.63. The third-order valence-electron chi connectivity index (χ3n) is 3.16. The number of anilines is 1. The smallest absolute Gasteiger partial charge is 0.349 e. The largest absolute Gasteiger partial charge is 0.710 e. The number of nitrogens with zero attached hydrogens (tertiary/aromatic N) is 2. The maximum Gasteiger partial charge on any atom is 0.349 e. The van der Waals surface area contributed by atoms with Crippen LogP contribution in [0.5, 0.6) is 0 Å². The summed E-state index contributed by atoms with van der Waals surface area (Å²) in [6.45, 7) is 0.0997. The summed E-state index contributed by atoms with van der Waals surface area (Å²) in [6.07, 6.45) is 0. The minimum absolute atomic E-state index is 0.00498. The first-order valence-corrected chi connectivity index (χ1v) is 7.59. The van der Waals surface area contributed by atoms with Gasteiger partial charge in [0.1, 0.15) is 6.54 Å². The van der Waals surface area contributed by atoms with Gasteiger partial charge in [0.05, 0.1) is 29.8 Å². The average molecular weight is 363 g/mol. The van der Waals surface area contributed by atoms with Crippen molar-refractivity contribution in [3.63, 3.8) is 0 Å². The molecule has 0 aliphatic rings. The van der Waals surface area contributed by atoms with Crippen molar-refractivity contribution in [2.45, 2.75) is 6.54 Å². The van der Waals surface area contributed by atoms with E-state index in [0.717, 1.165) is 0 Å². The van der Waals surface area contributed by atoms with Gasteiger partial charge in [-0.05, 0) is 0 Å². The van der Waals surface area contributed by atoms with E-state index >= 15 is 0 Å². The third-order valence-corrected chi connectivity index (χ3v) is 3.88. The normalized spacial score (nSPS) is 11.1. The predicted octanol–water partition coefficient (Wildman–Crippen LogP) is -0.100. The standard InChI is InChI=1S/C13H16Cl2N4O4/c14-8-5-10-11(6-9(8)15)19(23)13(17-2-4-21)12(18(10)22)7-16-1-3-20/h5-6,16-17,20-21H,1-4,7H2. The minimum atomic E-state index is -0.207. The Morgan fingerprint density at radius 1 is 0.957 bits per heavy atom. The lowest BCUT2D eigenvalue weighted by atomic mass is 10.2. The zero-order valence-electron chi connectivity index (χ0n) is 12.1. The molecule has 0 aliphatic heterocycles. The molecule has 1 aromatic carbocycles. The van der Waals surface area contributed by atoms with E-state index in [1.165, 1.54) is 12.1 Å². The maximum atomic E-state index is 12.6. The molecule has 0 bridgehead atoms. The topological polar surface area (TPSA) is 118 Å². The molecule has 4 N–H and O–H groups in total. The van der Waals surface area contributed by atoms with Crippen molar-refractivity contribution in [1.29, 1.82) is 0 Å². The van der Waals surface area contributed by atoms with Crippen LogP contribution in [-0.2, 0) is 6.54 Å². The molecule has 0 spiro atoms. The van der Waals surface area contributed by atoms with Crippen molar-refractivity contribution >= 4 is 40.1 Å². The summed E-state index contributed by atoms with van der Waals surface area (Å²) in [5, 5.41) is 48.8. The van der Waals surface area contributed by atoms with Gasteiger partial charge in [-0.1, -0.05) is 23.2 Å². The molecule has 8 nitrogen and oxygen atoms in total. The zero-order valence-corrected chi connectivity index (χ0v) is 13.6. The second-order valence-electron chi connectivity index (χ2n) is 4.69. The fraction of sp³-hybridized carbons (Fsp3) is 0.385. The lowest BCUT2D eigenvalue weighted by molar-refractivity contribution is -0.625. The van der Waals surface area contributed by atoms with E-state index < -0.39 is 0 Å². The van der Waals surface area contributed by atoms with Gasteiger partial charge < -0.3 is 25.9 Å². The summed E-state index contributed by atoms with van der Waals surface area (Å²) in [5.74, 6) is 0.00498. The van der Waals surface area contributed by atoms with Crippen LogP contribution in [0.15, 0.2) is 12.1 Å². The molecule has 0 unspecified atom stereocenters. The highest BCUT2D eigenvalue weighted by molar-refractivity contribution is 6.42. The van der Waals surface area contributed by atoms with Gasteiger partial charge in [0.25, 0.3) is 11.2 Å². The van der Waals surface area contributed by atoms with Gasteiger partial charge >= 0.3 is 5.82 Å². The Morgan fingerprint density at radius 2 is 1.52 bits per heavy atom. The van der Waals surface area contributed by atoms with Crippen molar-refractivity contribution in [2.24, 2.45) is 0 Å². The maximum absolute atomic E-state index is 12.6. The molecule has 0 saturated heterocycles. The van der Waals surface area contributed by atoms with Gasteiger partial charge in [-0.25, -0.2) is 4.73 Å². The first-order chi connectivity index (χ1) is 11.0. The van der Waals surface area contributed by atoms with Gasteiger partial charge in [-0.3, -0.25) is 5.32 Å². The number of rotatable bonds is 7. The fourth-order valence-electron chi connectivity index (χ4n) is 2.12. The number of nitrogens with one attached hydrogen (secondary N) is 2. The van der Waals surface area contributed by atoms with E-state index in [4.69, 9.17) is 33.4 Å². The van der Waals surface area contributed by atoms with Gasteiger partial charge in [-0.15, -0.1) is 0 Å². The Hall–Kier alpha value is -1.58. The summed E-state index contributed by atoms with van der Waals surface area (Å²) in [6, 6.07) is 2.64. The van der Waals surface area contributed by atoms with Gasteiger partial charge in [0, 0.05) is 18.7 Å². The molecular weight excluding hydrogens is 347 g/mol. The van der Waals surface area contributed by atoms with Crippen LogP contribution >= 0.6 is 23.2 Å². The van der Waals surface area contributed by atoms with Crippen LogP contribution in [0.4, 0.5) is 5.82 Å². The van der Waals surface area contributed by atoms with Crippen LogP contribution in [0.25, 0.3) is 11.0 Å². The molecule has 2 rings (SSSR count). The molecule has 23 heavy (non-hydrogen) atoms. The van der Waals surface area contributed by atoms with Crippen LogP contribution in [0.2, 0.25) is 10.0 Å². The Kier molecular flexibility index (Phi) is 6.03. The zero-order chi connectivity index (χ0) is 17.0. The lowest BCUT2D eigenvalue weighted by Gasteiger charge is -2.16. The highest BCUT2D eigenvalue weighted by atomic mass is 35.5. The molecule has 1 aromatic heterocycles. The molecule has 0 radical (unpaired) electrons. The van der Waals surface area contributed by atoms with E-state index in [0.29, 0.717) is 9.46 Å². The predicted molar refractivity (Wildman–Crippen MR) is 86.3 cm³/mol. The van der Waals surface area contributed by atoms with Crippen LogP contribution in [0.1, 0.15) is 5.69 Å². The molecule has 10 heteroatoms. The highest BCUT2D eigenvalue weighted by Gasteiger charge is 2.26. The number of benzene rings is 1. The first-order valence-electron chi connectivity index (χ1n) is 6.84. The number of aromatic nitrogens is 2. The van der Waals surface area contributed by atoms with Crippen LogP contribution in [0, 0.1) is 10.4 Å². The molecule has 0 aliphatic carbocycles. The number of aliphatic hydroxyl groups is 2. The Bertz CT molecular complexity index is 714. The summed E-state index contributed by atoms with van der Waals surface area (Å²) in [4.78, 5) is 0. The molecule has 0 amide bonds. The van der Waals surface area contributed by atoms with Crippen LogP contribution in [-0.4, -0.2) is 36.5 Å². The number of halogens is 2. The van der Waals surface area contributed by atoms with Gasteiger partial charge in [-0.2, -0.15) is 4.73 Å².